The SMILES string of the molecule is O=C(O)C[C@@H]1c2ccccc2CCN1C(=O)c1cccc(-n2cccn2)c1. The number of aromatic nitrogens is 2. The van der Waals surface area contributed by atoms with E-state index >= 15 is 0 Å². The smallest absolute Gasteiger partial charge is 0.305 e. The maximum absolute atomic E-state index is 13.2. The van der Waals surface area contributed by atoms with Crippen LogP contribution in [0.5, 0.6) is 0 Å². The molecular formula is C21H19N3O3. The number of aliphatic carboxylic acids is 1. The molecule has 1 aromatic heterocycles. The van der Waals surface area contributed by atoms with Crippen LogP contribution in [0.4, 0.5) is 0 Å². The topological polar surface area (TPSA) is 75.4 Å². The molecule has 0 aliphatic carbocycles. The maximum Gasteiger partial charge on any atom is 0.305 e. The zero-order chi connectivity index (χ0) is 18.8. The lowest BCUT2D eigenvalue weighted by Gasteiger charge is -2.36. The van der Waals surface area contributed by atoms with Gasteiger partial charge in [0.05, 0.1) is 18.2 Å². The Kier molecular flexibility index (Phi) is 4.46. The minimum atomic E-state index is -0.917. The summed E-state index contributed by atoms with van der Waals surface area (Å²) < 4.78 is 1.69. The molecule has 27 heavy (non-hydrogen) atoms. The molecule has 1 amide bonds. The molecule has 0 saturated carbocycles. The second-order valence-corrected chi connectivity index (χ2v) is 6.56. The van der Waals surface area contributed by atoms with Gasteiger partial charge in [0.1, 0.15) is 0 Å². The van der Waals surface area contributed by atoms with Gasteiger partial charge in [0.15, 0.2) is 0 Å². The number of amides is 1. The van der Waals surface area contributed by atoms with Crippen LogP contribution in [0, 0.1) is 0 Å². The minimum absolute atomic E-state index is 0.110. The Hall–Kier alpha value is -3.41. The van der Waals surface area contributed by atoms with Crippen molar-refractivity contribution in [2.24, 2.45) is 0 Å². The lowest BCUT2D eigenvalue weighted by atomic mass is 9.90. The Bertz CT molecular complexity index is 982. The van der Waals surface area contributed by atoms with Crippen molar-refractivity contribution >= 4 is 11.9 Å². The second kappa shape index (κ2) is 7.07. The summed E-state index contributed by atoms with van der Waals surface area (Å²) in [6.07, 6.45) is 4.10. The molecule has 0 fully saturated rings. The summed E-state index contributed by atoms with van der Waals surface area (Å²) in [5.41, 5.74) is 3.34. The third kappa shape index (κ3) is 3.33. The van der Waals surface area contributed by atoms with Gasteiger partial charge in [-0.3, -0.25) is 9.59 Å². The molecule has 136 valence electrons. The number of hydrogen-bond donors (Lipinski definition) is 1. The highest BCUT2D eigenvalue weighted by molar-refractivity contribution is 5.95. The average Bonchev–Trinajstić information content (AvgIpc) is 3.22. The Labute approximate surface area is 156 Å². The van der Waals surface area contributed by atoms with Crippen molar-refractivity contribution in [1.82, 2.24) is 14.7 Å². The monoisotopic (exact) mass is 361 g/mol. The van der Waals surface area contributed by atoms with Crippen molar-refractivity contribution in [3.05, 3.63) is 83.7 Å². The van der Waals surface area contributed by atoms with E-state index in [1.165, 1.54) is 0 Å². The molecule has 1 aliphatic rings. The van der Waals surface area contributed by atoms with Gasteiger partial charge in [-0.2, -0.15) is 5.10 Å². The zero-order valence-electron chi connectivity index (χ0n) is 14.7. The summed E-state index contributed by atoms with van der Waals surface area (Å²) >= 11 is 0. The predicted octanol–water partition coefficient (Wildman–Crippen LogP) is 3.09. The second-order valence-electron chi connectivity index (χ2n) is 6.56. The van der Waals surface area contributed by atoms with Crippen molar-refractivity contribution in [2.45, 2.75) is 18.9 Å². The molecule has 4 rings (SSSR count). The van der Waals surface area contributed by atoms with Crippen molar-refractivity contribution in [3.63, 3.8) is 0 Å². The Morgan fingerprint density at radius 1 is 1.11 bits per heavy atom. The quantitative estimate of drug-likeness (QED) is 0.775. The van der Waals surface area contributed by atoms with Crippen LogP contribution in [0.1, 0.15) is 33.9 Å². The molecular weight excluding hydrogens is 342 g/mol. The van der Waals surface area contributed by atoms with Crippen LogP contribution in [0.3, 0.4) is 0 Å². The van der Waals surface area contributed by atoms with Gasteiger partial charge in [-0.05, 0) is 41.8 Å². The Morgan fingerprint density at radius 2 is 1.96 bits per heavy atom. The average molecular weight is 361 g/mol. The van der Waals surface area contributed by atoms with Crippen molar-refractivity contribution in [1.29, 1.82) is 0 Å². The molecule has 2 aromatic carbocycles. The Balaban J connectivity index is 1.68. The first kappa shape index (κ1) is 17.0. The van der Waals surface area contributed by atoms with E-state index in [1.807, 2.05) is 48.7 Å². The number of nitrogens with zero attached hydrogens (tertiary/aromatic N) is 3. The van der Waals surface area contributed by atoms with Gasteiger partial charge in [-0.25, -0.2) is 4.68 Å². The molecule has 3 aromatic rings. The molecule has 1 aliphatic heterocycles. The first-order chi connectivity index (χ1) is 13.1. The normalized spacial score (nSPS) is 16.0. The van der Waals surface area contributed by atoms with Crippen LogP contribution in [-0.2, 0) is 11.2 Å². The summed E-state index contributed by atoms with van der Waals surface area (Å²) in [6.45, 7) is 0.500. The first-order valence-electron chi connectivity index (χ1n) is 8.84. The molecule has 6 nitrogen and oxygen atoms in total. The number of hydrogen-bond acceptors (Lipinski definition) is 3. The van der Waals surface area contributed by atoms with Gasteiger partial charge in [-0.15, -0.1) is 0 Å². The highest BCUT2D eigenvalue weighted by Gasteiger charge is 2.32. The fraction of sp³-hybridized carbons (Fsp3) is 0.190. The molecule has 0 saturated heterocycles. The molecule has 0 unspecified atom stereocenters. The van der Waals surface area contributed by atoms with Gasteiger partial charge >= 0.3 is 5.97 Å². The third-order valence-corrected chi connectivity index (χ3v) is 4.90. The van der Waals surface area contributed by atoms with Gasteiger partial charge in [-0.1, -0.05) is 30.3 Å². The van der Waals surface area contributed by atoms with Crippen LogP contribution in [0.2, 0.25) is 0 Å². The van der Waals surface area contributed by atoms with Crippen LogP contribution in [0.25, 0.3) is 5.69 Å². The lowest BCUT2D eigenvalue weighted by molar-refractivity contribution is -0.138. The largest absolute Gasteiger partial charge is 0.481 e. The first-order valence-corrected chi connectivity index (χ1v) is 8.84. The number of carboxylic acids is 1. The molecule has 1 atom stereocenters. The van der Waals surface area contributed by atoms with Crippen LogP contribution >= 0.6 is 0 Å². The highest BCUT2D eigenvalue weighted by Crippen LogP contribution is 2.33. The summed E-state index contributed by atoms with van der Waals surface area (Å²) in [4.78, 5) is 26.3. The number of rotatable bonds is 4. The number of benzene rings is 2. The molecule has 6 heteroatoms. The van der Waals surface area contributed by atoms with E-state index in [0.717, 1.165) is 23.2 Å². The van der Waals surface area contributed by atoms with E-state index in [9.17, 15) is 14.7 Å². The Morgan fingerprint density at radius 3 is 2.74 bits per heavy atom. The number of carbonyl (C=O) groups excluding carboxylic acids is 1. The number of carboxylic acid groups (broad SMARTS) is 1. The summed E-state index contributed by atoms with van der Waals surface area (Å²) in [5.74, 6) is -1.08. The van der Waals surface area contributed by atoms with Crippen molar-refractivity contribution in [3.8, 4) is 5.69 Å². The molecule has 1 N–H and O–H groups in total. The van der Waals surface area contributed by atoms with E-state index in [-0.39, 0.29) is 12.3 Å². The van der Waals surface area contributed by atoms with Gasteiger partial charge < -0.3 is 10.0 Å². The molecule has 2 heterocycles. The number of fused-ring (bicyclic) bond motifs is 1. The van der Waals surface area contributed by atoms with Crippen LogP contribution in [-0.4, -0.2) is 38.2 Å². The number of carbonyl (C=O) groups is 2. The summed E-state index contributed by atoms with van der Waals surface area (Å²) in [7, 11) is 0. The highest BCUT2D eigenvalue weighted by atomic mass is 16.4. The third-order valence-electron chi connectivity index (χ3n) is 4.90. The van der Waals surface area contributed by atoms with E-state index in [0.29, 0.717) is 12.1 Å². The lowest BCUT2D eigenvalue weighted by Crippen LogP contribution is -2.41. The van der Waals surface area contributed by atoms with Crippen LogP contribution in [0.15, 0.2) is 67.0 Å². The van der Waals surface area contributed by atoms with Gasteiger partial charge in [0.2, 0.25) is 0 Å². The van der Waals surface area contributed by atoms with Crippen molar-refractivity contribution < 1.29 is 14.7 Å². The van der Waals surface area contributed by atoms with E-state index in [2.05, 4.69) is 5.10 Å². The van der Waals surface area contributed by atoms with Gasteiger partial charge in [0.25, 0.3) is 5.91 Å². The predicted molar refractivity (Wildman–Crippen MR) is 99.7 cm³/mol. The minimum Gasteiger partial charge on any atom is -0.481 e. The molecule has 0 radical (unpaired) electrons. The molecule has 0 bridgehead atoms. The maximum atomic E-state index is 13.2. The van der Waals surface area contributed by atoms with Crippen LogP contribution < -0.4 is 0 Å². The summed E-state index contributed by atoms with van der Waals surface area (Å²) in [6, 6.07) is 16.3. The standard InChI is InChI=1S/C21H19N3O3/c25-20(26)14-19-18-8-2-1-5-15(18)9-12-23(19)21(27)16-6-3-7-17(13-16)24-11-4-10-22-24/h1-8,10-11,13,19H,9,12,14H2,(H,25,26)/t19-/m1/s1. The van der Waals surface area contributed by atoms with Crippen molar-refractivity contribution in [2.75, 3.05) is 6.54 Å². The molecule has 0 spiro atoms. The zero-order valence-corrected chi connectivity index (χ0v) is 14.7. The van der Waals surface area contributed by atoms with Gasteiger partial charge in [0, 0.05) is 24.5 Å². The summed E-state index contributed by atoms with van der Waals surface area (Å²) in [5, 5.41) is 13.6. The van der Waals surface area contributed by atoms with E-state index in [4.69, 9.17) is 0 Å². The van der Waals surface area contributed by atoms with E-state index in [1.54, 1.807) is 27.9 Å². The fourth-order valence-corrected chi connectivity index (χ4v) is 3.65. The fourth-order valence-electron chi connectivity index (χ4n) is 3.65. The van der Waals surface area contributed by atoms with E-state index < -0.39 is 12.0 Å².